The normalized spacial score (nSPS) is 27.2. The van der Waals surface area contributed by atoms with E-state index in [1.807, 2.05) is 0 Å². The molecule has 2 aliphatic heterocycles. The van der Waals surface area contributed by atoms with Crippen LogP contribution in [0.4, 0.5) is 0 Å². The third-order valence-electron chi connectivity index (χ3n) is 10.5. The predicted octanol–water partition coefficient (Wildman–Crippen LogP) is 9.27. The summed E-state index contributed by atoms with van der Waals surface area (Å²) in [5, 5.41) is 0. The van der Waals surface area contributed by atoms with E-state index in [0.29, 0.717) is 66.1 Å². The Labute approximate surface area is 355 Å². The summed E-state index contributed by atoms with van der Waals surface area (Å²) in [7, 11) is 0. The van der Waals surface area contributed by atoms with Crippen molar-refractivity contribution in [3.05, 3.63) is 0 Å². The summed E-state index contributed by atoms with van der Waals surface area (Å²) in [5.41, 5.74) is 0. The topological polar surface area (TPSA) is 92.3 Å². The van der Waals surface area contributed by atoms with Gasteiger partial charge in [-0.25, -0.2) is 0 Å². The van der Waals surface area contributed by atoms with Crippen molar-refractivity contribution in [2.24, 2.45) is 0 Å². The molecule has 0 bridgehead atoms. The van der Waals surface area contributed by atoms with Crippen LogP contribution in [0.15, 0.2) is 0 Å². The van der Waals surface area contributed by atoms with Gasteiger partial charge in [0.25, 0.3) is 0 Å². The van der Waals surface area contributed by atoms with Gasteiger partial charge in [0.05, 0.1) is 13.2 Å². The maximum Gasteiger partial charge on any atom is 0.148 e. The first-order valence-electron chi connectivity index (χ1n) is 23.7. The summed E-state index contributed by atoms with van der Waals surface area (Å²) in [6.45, 7) is 23.1. The average Bonchev–Trinajstić information content (AvgIpc) is 3.23. The van der Waals surface area contributed by atoms with E-state index in [4.69, 9.17) is 47.4 Å². The van der Waals surface area contributed by atoms with Crippen molar-refractivity contribution in [3.63, 3.8) is 0 Å². The molecule has 0 radical (unpaired) electrons. The summed E-state index contributed by atoms with van der Waals surface area (Å²) in [6, 6.07) is 0. The van der Waals surface area contributed by atoms with Crippen LogP contribution in [0.5, 0.6) is 0 Å². The maximum absolute atomic E-state index is 6.78. The first-order valence-corrected chi connectivity index (χ1v) is 23.7. The summed E-state index contributed by atoms with van der Waals surface area (Å²) in [5.74, 6) is 13.1. The molecule has 2 heterocycles. The fourth-order valence-corrected chi connectivity index (χ4v) is 6.77. The summed E-state index contributed by atoms with van der Waals surface area (Å²) in [4.78, 5) is 0. The lowest BCUT2D eigenvalue weighted by molar-refractivity contribution is -0.254. The van der Waals surface area contributed by atoms with Gasteiger partial charge in [0.1, 0.15) is 61.0 Å². The van der Waals surface area contributed by atoms with Crippen molar-refractivity contribution >= 4 is 0 Å². The minimum atomic E-state index is -0.589. The maximum atomic E-state index is 6.78. The number of rotatable bonds is 34. The van der Waals surface area contributed by atoms with E-state index in [-0.39, 0.29) is 36.6 Å². The molecule has 10 atom stereocenters. The van der Waals surface area contributed by atoms with Crippen LogP contribution in [-0.4, -0.2) is 127 Å². The minimum Gasteiger partial charge on any atom is -0.379 e. The van der Waals surface area contributed by atoms with Crippen molar-refractivity contribution in [1.29, 1.82) is 0 Å². The summed E-state index contributed by atoms with van der Waals surface area (Å²) in [6.07, 6.45) is 11.7. The third-order valence-corrected chi connectivity index (χ3v) is 10.5. The van der Waals surface area contributed by atoms with Crippen molar-refractivity contribution in [2.45, 2.75) is 219 Å². The summed E-state index contributed by atoms with van der Waals surface area (Å²) >= 11 is 0. The van der Waals surface area contributed by atoms with E-state index >= 15 is 0 Å². The predicted molar refractivity (Wildman–Crippen MR) is 232 cm³/mol. The fraction of sp³-hybridized carbons (Fsp3) is 0.917. The SMILES string of the molecule is CCCCOC[C@H]1O[C@H](C#CC#C[C@H]2O[C@H](COCCCC)[C@@H](OCCCC)[C@H](OCCCC)[C@@H]2OCCCC)[C@@H](OCCCC)[C@@H](OCCCC)[C@@H]1OCCCC. The van der Waals surface area contributed by atoms with Crippen molar-refractivity contribution in [3.8, 4) is 23.7 Å². The molecule has 0 aromatic carbocycles. The van der Waals surface area contributed by atoms with Gasteiger partial charge in [0.15, 0.2) is 0 Å². The van der Waals surface area contributed by atoms with Gasteiger partial charge in [-0.2, -0.15) is 0 Å². The van der Waals surface area contributed by atoms with Gasteiger partial charge < -0.3 is 47.4 Å². The number of hydrogen-bond donors (Lipinski definition) is 0. The molecule has 0 aromatic heterocycles. The van der Waals surface area contributed by atoms with Crippen LogP contribution in [-0.2, 0) is 47.4 Å². The first-order chi connectivity index (χ1) is 28.5. The molecule has 58 heavy (non-hydrogen) atoms. The van der Waals surface area contributed by atoms with E-state index in [0.717, 1.165) is 103 Å². The van der Waals surface area contributed by atoms with Gasteiger partial charge in [0, 0.05) is 52.9 Å². The lowest BCUT2D eigenvalue weighted by Crippen LogP contribution is -2.61. The van der Waals surface area contributed by atoms with Crippen LogP contribution in [0.3, 0.4) is 0 Å². The van der Waals surface area contributed by atoms with Gasteiger partial charge in [0.2, 0.25) is 0 Å². The van der Waals surface area contributed by atoms with E-state index in [2.05, 4.69) is 79.1 Å². The van der Waals surface area contributed by atoms with Crippen molar-refractivity contribution < 1.29 is 47.4 Å². The van der Waals surface area contributed by atoms with Crippen LogP contribution in [0.25, 0.3) is 0 Å². The molecule has 2 fully saturated rings. The molecule has 2 saturated heterocycles. The molecular weight excluding hydrogens is 737 g/mol. The molecule has 10 nitrogen and oxygen atoms in total. The molecule has 10 heteroatoms. The van der Waals surface area contributed by atoms with Crippen LogP contribution >= 0.6 is 0 Å². The standard InChI is InChI=1S/C48H86O10/c1-9-17-29-49-37-41-45(53-33-21-13-5)47(55-35-23-15-7)43(51-31-19-11-3)39(57-41)27-25-26-28-40-44(52-32-20-12-4)48(56-36-24-16-8)46(54-34-22-14-6)42(58-40)38-50-30-18-10-2/h39-48H,9-24,29-38H2,1-8H3/t39-,40-,41-,42-,43-,44-,45-,46-,47-,48-/m1/s1. The molecule has 0 unspecified atom stereocenters. The quantitative estimate of drug-likeness (QED) is 0.0462. The van der Waals surface area contributed by atoms with Crippen molar-refractivity contribution in [2.75, 3.05) is 66.1 Å². The van der Waals surface area contributed by atoms with Crippen LogP contribution in [0, 0.1) is 23.7 Å². The molecule has 338 valence electrons. The molecule has 0 saturated carbocycles. The van der Waals surface area contributed by atoms with Gasteiger partial charge in [-0.1, -0.05) is 119 Å². The second-order valence-electron chi connectivity index (χ2n) is 15.7. The third kappa shape index (κ3) is 20.5. The smallest absolute Gasteiger partial charge is 0.148 e. The van der Waals surface area contributed by atoms with Gasteiger partial charge >= 0.3 is 0 Å². The van der Waals surface area contributed by atoms with E-state index in [1.54, 1.807) is 0 Å². The highest BCUT2D eigenvalue weighted by molar-refractivity contribution is 5.31. The molecule has 0 aromatic rings. The zero-order valence-corrected chi connectivity index (χ0v) is 38.2. The highest BCUT2D eigenvalue weighted by atomic mass is 16.6. The summed E-state index contributed by atoms with van der Waals surface area (Å²) < 4.78 is 65.5. The van der Waals surface area contributed by atoms with Crippen LogP contribution in [0.1, 0.15) is 158 Å². The Balaban J connectivity index is 2.55. The molecule has 2 aliphatic rings. The monoisotopic (exact) mass is 823 g/mol. The zero-order chi connectivity index (χ0) is 42.1. The molecule has 0 spiro atoms. The van der Waals surface area contributed by atoms with Crippen LogP contribution < -0.4 is 0 Å². The van der Waals surface area contributed by atoms with Gasteiger partial charge in [-0.3, -0.25) is 0 Å². The fourth-order valence-electron chi connectivity index (χ4n) is 6.77. The lowest BCUT2D eigenvalue weighted by Gasteiger charge is -2.45. The molecular formula is C48H86O10. The number of ether oxygens (including phenoxy) is 10. The largest absolute Gasteiger partial charge is 0.379 e. The Morgan fingerprint density at radius 2 is 0.586 bits per heavy atom. The first kappa shape index (κ1) is 52.9. The Bertz CT molecular complexity index is 1000. The Morgan fingerprint density at radius 3 is 0.879 bits per heavy atom. The van der Waals surface area contributed by atoms with E-state index in [1.165, 1.54) is 0 Å². The highest BCUT2D eigenvalue weighted by Crippen LogP contribution is 2.31. The Morgan fingerprint density at radius 1 is 0.328 bits per heavy atom. The molecule has 2 rings (SSSR count). The Hall–Kier alpha value is -1.28. The Kier molecular flexibility index (Phi) is 32.2. The second kappa shape index (κ2) is 35.3. The van der Waals surface area contributed by atoms with Gasteiger partial charge in [-0.05, 0) is 63.2 Å². The lowest BCUT2D eigenvalue weighted by atomic mass is 9.93. The van der Waals surface area contributed by atoms with E-state index < -0.39 is 24.4 Å². The minimum absolute atomic E-state index is 0.342. The number of hydrogen-bond acceptors (Lipinski definition) is 10. The molecule has 0 amide bonds. The second-order valence-corrected chi connectivity index (χ2v) is 15.7. The van der Waals surface area contributed by atoms with Gasteiger partial charge in [-0.15, -0.1) is 0 Å². The van der Waals surface area contributed by atoms with Crippen molar-refractivity contribution in [1.82, 2.24) is 0 Å². The van der Waals surface area contributed by atoms with Crippen LogP contribution in [0.2, 0.25) is 0 Å². The zero-order valence-electron chi connectivity index (χ0n) is 38.2. The average molecular weight is 823 g/mol. The molecule has 0 N–H and O–H groups in total. The highest BCUT2D eigenvalue weighted by Gasteiger charge is 2.49. The molecule has 0 aliphatic carbocycles. The number of unbranched alkanes of at least 4 members (excludes halogenated alkanes) is 8. The van der Waals surface area contributed by atoms with E-state index in [9.17, 15) is 0 Å².